The molecule has 1 N–H and O–H groups in total. The van der Waals surface area contributed by atoms with Crippen LogP contribution in [0.4, 0.5) is 5.69 Å². The van der Waals surface area contributed by atoms with Gasteiger partial charge in [-0.3, -0.25) is 0 Å². The first kappa shape index (κ1) is 16.0. The molecule has 2 heterocycles. The fraction of sp³-hybridized carbons (Fsp3) is 0.200. The Kier molecular flexibility index (Phi) is 3.69. The lowest BCUT2D eigenvalue weighted by Crippen LogP contribution is -2.27. The predicted molar refractivity (Wildman–Crippen MR) is 98.4 cm³/mol. The van der Waals surface area contributed by atoms with E-state index in [9.17, 15) is 8.42 Å². The first-order chi connectivity index (χ1) is 11.9. The van der Waals surface area contributed by atoms with E-state index in [2.05, 4.69) is 5.32 Å². The average Bonchev–Trinajstić information content (AvgIpc) is 3.21. The zero-order valence-corrected chi connectivity index (χ0v) is 14.9. The Morgan fingerprint density at radius 2 is 1.76 bits per heavy atom. The fourth-order valence-corrected chi connectivity index (χ4v) is 4.66. The number of benzene rings is 2. The highest BCUT2D eigenvalue weighted by atomic mass is 32.2. The summed E-state index contributed by atoms with van der Waals surface area (Å²) in [6.45, 7) is 3.84. The van der Waals surface area contributed by atoms with Crippen LogP contribution in [0.15, 0.2) is 63.9 Å². The molecule has 1 aromatic heterocycles. The van der Waals surface area contributed by atoms with Crippen LogP contribution >= 0.6 is 0 Å². The van der Waals surface area contributed by atoms with Crippen LogP contribution < -0.4 is 5.32 Å². The Hall–Kier alpha value is -2.53. The molecule has 0 bridgehead atoms. The van der Waals surface area contributed by atoms with Crippen molar-refractivity contribution >= 4 is 15.5 Å². The van der Waals surface area contributed by atoms with Crippen molar-refractivity contribution in [1.29, 1.82) is 0 Å². The third kappa shape index (κ3) is 2.85. The van der Waals surface area contributed by atoms with E-state index in [1.165, 1.54) is 0 Å². The van der Waals surface area contributed by atoms with Crippen molar-refractivity contribution in [2.75, 3.05) is 5.32 Å². The molecule has 1 unspecified atom stereocenters. The zero-order valence-electron chi connectivity index (χ0n) is 14.1. The quantitative estimate of drug-likeness (QED) is 0.761. The van der Waals surface area contributed by atoms with Gasteiger partial charge in [0.15, 0.2) is 9.84 Å². The molecule has 0 saturated carbocycles. The van der Waals surface area contributed by atoms with E-state index in [1.54, 1.807) is 12.1 Å². The molecule has 1 aliphatic heterocycles. The minimum atomic E-state index is -3.43. The molecule has 0 radical (unpaired) electrons. The molecule has 2 aromatic carbocycles. The van der Waals surface area contributed by atoms with Gasteiger partial charge in [-0.2, -0.15) is 0 Å². The van der Waals surface area contributed by atoms with Crippen molar-refractivity contribution < 1.29 is 12.8 Å². The summed E-state index contributed by atoms with van der Waals surface area (Å²) in [6, 6.07) is 16.7. The van der Waals surface area contributed by atoms with Crippen LogP contribution in [0.1, 0.15) is 16.9 Å². The van der Waals surface area contributed by atoms with E-state index in [-0.39, 0.29) is 0 Å². The smallest absolute Gasteiger partial charge is 0.199 e. The van der Waals surface area contributed by atoms with Gasteiger partial charge in [0.2, 0.25) is 0 Å². The van der Waals surface area contributed by atoms with Gasteiger partial charge in [-0.15, -0.1) is 0 Å². The molecule has 1 aliphatic rings. The fourth-order valence-electron chi connectivity index (χ4n) is 3.14. The third-order valence-electron chi connectivity index (χ3n) is 4.58. The van der Waals surface area contributed by atoms with Crippen molar-refractivity contribution in [3.63, 3.8) is 0 Å². The number of furan rings is 1. The first-order valence-electron chi connectivity index (χ1n) is 8.20. The standard InChI is InChI=1S/C20H19NO3S/c1-13-3-8-17(9-4-13)25(22,23)20-12-15-6-7-16(11-18(15)21-20)19-10-5-14(2)24-19/h3-11,20-21H,12H2,1-2H3. The highest BCUT2D eigenvalue weighted by molar-refractivity contribution is 7.92. The lowest BCUT2D eigenvalue weighted by molar-refractivity contribution is 0.548. The van der Waals surface area contributed by atoms with Crippen LogP contribution in [-0.2, 0) is 16.3 Å². The number of hydrogen-bond acceptors (Lipinski definition) is 4. The molecule has 5 heteroatoms. The second-order valence-corrected chi connectivity index (χ2v) is 8.61. The van der Waals surface area contributed by atoms with E-state index < -0.39 is 15.2 Å². The van der Waals surface area contributed by atoms with Gasteiger partial charge in [0.1, 0.15) is 16.9 Å². The molecule has 128 valence electrons. The van der Waals surface area contributed by atoms with Crippen LogP contribution in [0.25, 0.3) is 11.3 Å². The van der Waals surface area contributed by atoms with Gasteiger partial charge in [-0.25, -0.2) is 8.42 Å². The van der Waals surface area contributed by atoms with Gasteiger partial charge >= 0.3 is 0 Å². The minimum absolute atomic E-state index is 0.352. The Labute approximate surface area is 147 Å². The normalized spacial score (nSPS) is 16.5. The number of anilines is 1. The summed E-state index contributed by atoms with van der Waals surface area (Å²) in [5.74, 6) is 1.63. The Morgan fingerprint density at radius 3 is 2.44 bits per heavy atom. The summed E-state index contributed by atoms with van der Waals surface area (Å²) < 4.78 is 31.4. The number of fused-ring (bicyclic) bond motifs is 1. The van der Waals surface area contributed by atoms with E-state index >= 15 is 0 Å². The number of aryl methyl sites for hydroxylation is 2. The van der Waals surface area contributed by atoms with Gasteiger partial charge in [0.05, 0.1) is 4.90 Å². The molecule has 0 saturated heterocycles. The zero-order chi connectivity index (χ0) is 17.6. The molecule has 0 amide bonds. The topological polar surface area (TPSA) is 59.3 Å². The molecule has 25 heavy (non-hydrogen) atoms. The number of nitrogens with one attached hydrogen (secondary N) is 1. The van der Waals surface area contributed by atoms with Crippen LogP contribution in [0.3, 0.4) is 0 Å². The molecule has 3 aromatic rings. The van der Waals surface area contributed by atoms with Crippen molar-refractivity contribution in [2.45, 2.75) is 30.5 Å². The van der Waals surface area contributed by atoms with Crippen LogP contribution in [0, 0.1) is 13.8 Å². The van der Waals surface area contributed by atoms with Crippen molar-refractivity contribution in [2.24, 2.45) is 0 Å². The maximum absolute atomic E-state index is 12.9. The first-order valence-corrected chi connectivity index (χ1v) is 9.75. The largest absolute Gasteiger partial charge is 0.461 e. The van der Waals surface area contributed by atoms with E-state index in [0.717, 1.165) is 33.9 Å². The summed E-state index contributed by atoms with van der Waals surface area (Å²) >= 11 is 0. The number of rotatable bonds is 3. The van der Waals surface area contributed by atoms with Gasteiger partial charge in [-0.1, -0.05) is 29.8 Å². The summed E-state index contributed by atoms with van der Waals surface area (Å²) in [6.07, 6.45) is 0.461. The number of hydrogen-bond donors (Lipinski definition) is 1. The Bertz CT molecular complexity index is 1030. The van der Waals surface area contributed by atoms with Crippen LogP contribution in [0.2, 0.25) is 0 Å². The van der Waals surface area contributed by atoms with E-state index in [1.807, 2.05) is 56.3 Å². The van der Waals surface area contributed by atoms with Crippen LogP contribution in [-0.4, -0.2) is 13.8 Å². The monoisotopic (exact) mass is 353 g/mol. The van der Waals surface area contributed by atoms with Gasteiger partial charge in [0.25, 0.3) is 0 Å². The highest BCUT2D eigenvalue weighted by Crippen LogP contribution is 2.34. The lowest BCUT2D eigenvalue weighted by Gasteiger charge is -2.13. The van der Waals surface area contributed by atoms with Crippen molar-refractivity contribution in [1.82, 2.24) is 0 Å². The predicted octanol–water partition coefficient (Wildman–Crippen LogP) is 4.33. The van der Waals surface area contributed by atoms with Gasteiger partial charge < -0.3 is 9.73 Å². The van der Waals surface area contributed by atoms with E-state index in [4.69, 9.17) is 4.42 Å². The molecule has 0 aliphatic carbocycles. The Morgan fingerprint density at radius 1 is 1.00 bits per heavy atom. The van der Waals surface area contributed by atoms with Crippen molar-refractivity contribution in [3.05, 3.63) is 71.5 Å². The molecule has 1 atom stereocenters. The summed E-state index contributed by atoms with van der Waals surface area (Å²) in [7, 11) is -3.43. The lowest BCUT2D eigenvalue weighted by atomic mass is 10.1. The summed E-state index contributed by atoms with van der Waals surface area (Å²) in [4.78, 5) is 0.352. The third-order valence-corrected chi connectivity index (χ3v) is 6.54. The van der Waals surface area contributed by atoms with Gasteiger partial charge in [-0.05, 0) is 49.7 Å². The molecular formula is C20H19NO3S. The average molecular weight is 353 g/mol. The van der Waals surface area contributed by atoms with E-state index in [0.29, 0.717) is 11.3 Å². The van der Waals surface area contributed by atoms with Crippen LogP contribution in [0.5, 0.6) is 0 Å². The molecule has 4 rings (SSSR count). The Balaban J connectivity index is 1.63. The molecular weight excluding hydrogens is 334 g/mol. The highest BCUT2D eigenvalue weighted by Gasteiger charge is 2.33. The number of sulfone groups is 1. The molecule has 0 fully saturated rings. The molecule has 4 nitrogen and oxygen atoms in total. The second-order valence-electron chi connectivity index (χ2n) is 6.48. The second kappa shape index (κ2) is 5.77. The van der Waals surface area contributed by atoms with Crippen molar-refractivity contribution in [3.8, 4) is 11.3 Å². The maximum Gasteiger partial charge on any atom is 0.199 e. The summed E-state index contributed by atoms with van der Waals surface area (Å²) in [5, 5.41) is 2.54. The van der Waals surface area contributed by atoms with Gasteiger partial charge in [0, 0.05) is 17.7 Å². The summed E-state index contributed by atoms with van der Waals surface area (Å²) in [5.41, 5.74) is 3.84. The molecule has 0 spiro atoms. The maximum atomic E-state index is 12.9. The SMILES string of the molecule is Cc1ccc(S(=O)(=O)C2Cc3ccc(-c4ccc(C)o4)cc3N2)cc1. The minimum Gasteiger partial charge on any atom is -0.461 e.